The Balaban J connectivity index is 1.55. The van der Waals surface area contributed by atoms with Crippen LogP contribution in [-0.2, 0) is 6.54 Å². The molecule has 116 valence electrons. The summed E-state index contributed by atoms with van der Waals surface area (Å²) in [6, 6.07) is 8.99. The van der Waals surface area contributed by atoms with Gasteiger partial charge in [-0.3, -0.25) is 9.69 Å². The number of nitrogens with zero attached hydrogens (tertiary/aromatic N) is 3. The average molecular weight is 320 g/mol. The number of aryl methyl sites for hydroxylation is 1. The normalized spacial score (nSPS) is 16.0. The van der Waals surface area contributed by atoms with Gasteiger partial charge in [0.05, 0.1) is 12.2 Å². The molecule has 0 atom stereocenters. The molecular weight excluding hydrogens is 302 g/mol. The van der Waals surface area contributed by atoms with E-state index in [0.29, 0.717) is 23.7 Å². The fourth-order valence-corrected chi connectivity index (χ4v) is 2.72. The lowest BCUT2D eigenvalue weighted by molar-refractivity contribution is 0.0617. The predicted octanol–water partition coefficient (Wildman–Crippen LogP) is 2.59. The minimum atomic E-state index is 0.0619. The van der Waals surface area contributed by atoms with Gasteiger partial charge in [-0.1, -0.05) is 16.8 Å². The third-order valence-electron chi connectivity index (χ3n) is 3.81. The Morgan fingerprint density at radius 2 is 1.91 bits per heavy atom. The van der Waals surface area contributed by atoms with E-state index in [1.54, 1.807) is 24.3 Å². The van der Waals surface area contributed by atoms with E-state index >= 15 is 0 Å². The zero-order valence-electron chi connectivity index (χ0n) is 12.5. The number of hydrogen-bond acceptors (Lipinski definition) is 4. The van der Waals surface area contributed by atoms with Gasteiger partial charge in [-0.05, 0) is 31.2 Å². The first-order valence-electron chi connectivity index (χ1n) is 7.31. The number of hydrogen-bond donors (Lipinski definition) is 0. The summed E-state index contributed by atoms with van der Waals surface area (Å²) in [5.41, 5.74) is 1.58. The number of piperazine rings is 1. The molecule has 0 radical (unpaired) electrons. The van der Waals surface area contributed by atoms with Crippen molar-refractivity contribution in [3.05, 3.63) is 52.4 Å². The first-order chi connectivity index (χ1) is 10.6. The van der Waals surface area contributed by atoms with Gasteiger partial charge in [0.2, 0.25) is 0 Å². The molecular formula is C16H18ClN3O2. The summed E-state index contributed by atoms with van der Waals surface area (Å²) in [6.07, 6.45) is 0. The topological polar surface area (TPSA) is 49.6 Å². The molecule has 0 saturated carbocycles. The molecule has 2 aromatic rings. The molecule has 6 heteroatoms. The largest absolute Gasteiger partial charge is 0.360 e. The molecule has 0 spiro atoms. The minimum Gasteiger partial charge on any atom is -0.360 e. The summed E-state index contributed by atoms with van der Waals surface area (Å²) in [7, 11) is 0. The monoisotopic (exact) mass is 319 g/mol. The molecule has 3 rings (SSSR count). The third-order valence-corrected chi connectivity index (χ3v) is 4.06. The van der Waals surface area contributed by atoms with Crippen LogP contribution in [0.25, 0.3) is 0 Å². The average Bonchev–Trinajstić information content (AvgIpc) is 2.93. The molecule has 1 aliphatic rings. The molecule has 1 amide bonds. The second kappa shape index (κ2) is 6.50. The van der Waals surface area contributed by atoms with Crippen LogP contribution < -0.4 is 0 Å². The van der Waals surface area contributed by atoms with Crippen molar-refractivity contribution in [2.45, 2.75) is 13.5 Å². The molecule has 2 heterocycles. The van der Waals surface area contributed by atoms with Gasteiger partial charge in [-0.15, -0.1) is 0 Å². The van der Waals surface area contributed by atoms with Gasteiger partial charge in [0.1, 0.15) is 0 Å². The van der Waals surface area contributed by atoms with Crippen LogP contribution in [0.5, 0.6) is 0 Å². The third kappa shape index (κ3) is 3.48. The molecule has 22 heavy (non-hydrogen) atoms. The Labute approximate surface area is 134 Å². The van der Waals surface area contributed by atoms with E-state index < -0.39 is 0 Å². The highest BCUT2D eigenvalue weighted by molar-refractivity contribution is 6.30. The number of aromatic nitrogens is 1. The van der Waals surface area contributed by atoms with Crippen LogP contribution >= 0.6 is 11.6 Å². The Morgan fingerprint density at radius 1 is 1.23 bits per heavy atom. The fraction of sp³-hybridized carbons (Fsp3) is 0.375. The van der Waals surface area contributed by atoms with Crippen molar-refractivity contribution in [2.75, 3.05) is 26.2 Å². The second-order valence-electron chi connectivity index (χ2n) is 5.51. The van der Waals surface area contributed by atoms with Crippen molar-refractivity contribution >= 4 is 17.5 Å². The maximum absolute atomic E-state index is 12.4. The van der Waals surface area contributed by atoms with E-state index in [1.807, 2.05) is 17.9 Å². The van der Waals surface area contributed by atoms with Crippen molar-refractivity contribution in [3.8, 4) is 0 Å². The smallest absolute Gasteiger partial charge is 0.253 e. The van der Waals surface area contributed by atoms with Crippen molar-refractivity contribution in [1.29, 1.82) is 0 Å². The maximum atomic E-state index is 12.4. The van der Waals surface area contributed by atoms with Crippen molar-refractivity contribution < 1.29 is 9.32 Å². The van der Waals surface area contributed by atoms with Crippen LogP contribution in [0, 0.1) is 6.92 Å². The van der Waals surface area contributed by atoms with E-state index in [9.17, 15) is 4.79 Å². The lowest BCUT2D eigenvalue weighted by Gasteiger charge is -2.34. The molecule has 0 N–H and O–H groups in total. The van der Waals surface area contributed by atoms with Gasteiger partial charge in [-0.25, -0.2) is 0 Å². The van der Waals surface area contributed by atoms with Gasteiger partial charge in [0, 0.05) is 42.8 Å². The van der Waals surface area contributed by atoms with Gasteiger partial charge in [-0.2, -0.15) is 0 Å². The number of benzene rings is 1. The van der Waals surface area contributed by atoms with E-state index in [0.717, 1.165) is 31.1 Å². The molecule has 1 fully saturated rings. The van der Waals surface area contributed by atoms with Crippen LogP contribution in [0.15, 0.2) is 34.9 Å². The van der Waals surface area contributed by atoms with Crippen LogP contribution in [0.1, 0.15) is 21.8 Å². The Bertz CT molecular complexity index is 646. The van der Waals surface area contributed by atoms with E-state index in [2.05, 4.69) is 10.1 Å². The summed E-state index contributed by atoms with van der Waals surface area (Å²) in [5.74, 6) is 0.932. The Morgan fingerprint density at radius 3 is 2.50 bits per heavy atom. The van der Waals surface area contributed by atoms with Crippen LogP contribution in [0.4, 0.5) is 0 Å². The molecule has 1 aliphatic heterocycles. The van der Waals surface area contributed by atoms with Gasteiger partial charge in [0.25, 0.3) is 5.91 Å². The van der Waals surface area contributed by atoms with Gasteiger partial charge >= 0.3 is 0 Å². The summed E-state index contributed by atoms with van der Waals surface area (Å²) < 4.78 is 5.24. The highest BCUT2D eigenvalue weighted by atomic mass is 35.5. The van der Waals surface area contributed by atoms with E-state index in [4.69, 9.17) is 16.1 Å². The highest BCUT2D eigenvalue weighted by Gasteiger charge is 2.22. The summed E-state index contributed by atoms with van der Waals surface area (Å²) in [5, 5.41) is 4.54. The lowest BCUT2D eigenvalue weighted by Crippen LogP contribution is -2.48. The minimum absolute atomic E-state index is 0.0619. The number of halogens is 1. The quantitative estimate of drug-likeness (QED) is 0.872. The van der Waals surface area contributed by atoms with E-state index in [-0.39, 0.29) is 5.91 Å². The highest BCUT2D eigenvalue weighted by Crippen LogP contribution is 2.14. The maximum Gasteiger partial charge on any atom is 0.253 e. The Kier molecular flexibility index (Phi) is 4.45. The van der Waals surface area contributed by atoms with Crippen LogP contribution in [-0.4, -0.2) is 47.0 Å². The molecule has 0 aliphatic carbocycles. The number of carbonyl (C=O) groups is 1. The first kappa shape index (κ1) is 15.1. The van der Waals surface area contributed by atoms with Crippen LogP contribution in [0.2, 0.25) is 5.02 Å². The summed E-state index contributed by atoms with van der Waals surface area (Å²) in [4.78, 5) is 16.6. The van der Waals surface area contributed by atoms with Crippen molar-refractivity contribution in [2.24, 2.45) is 0 Å². The SMILES string of the molecule is Cc1cc(CN2CCN(C(=O)c3ccc(Cl)cc3)CC2)on1. The number of carbonyl (C=O) groups excluding carboxylic acids is 1. The number of amides is 1. The molecule has 0 unspecified atom stereocenters. The molecule has 1 aromatic carbocycles. The summed E-state index contributed by atoms with van der Waals surface area (Å²) >= 11 is 5.85. The zero-order chi connectivity index (χ0) is 15.5. The molecule has 1 aromatic heterocycles. The lowest BCUT2D eigenvalue weighted by atomic mass is 10.2. The van der Waals surface area contributed by atoms with Crippen molar-refractivity contribution in [3.63, 3.8) is 0 Å². The van der Waals surface area contributed by atoms with Gasteiger partial charge in [0.15, 0.2) is 5.76 Å². The Hall–Kier alpha value is -1.85. The second-order valence-corrected chi connectivity index (χ2v) is 5.95. The standard InChI is InChI=1S/C16H18ClN3O2/c1-12-10-15(22-18-12)11-19-6-8-20(9-7-19)16(21)13-2-4-14(17)5-3-13/h2-5,10H,6-9,11H2,1H3. The van der Waals surface area contributed by atoms with Gasteiger partial charge < -0.3 is 9.42 Å². The van der Waals surface area contributed by atoms with E-state index in [1.165, 1.54) is 0 Å². The fourth-order valence-electron chi connectivity index (χ4n) is 2.60. The summed E-state index contributed by atoms with van der Waals surface area (Å²) in [6.45, 7) is 5.75. The molecule has 1 saturated heterocycles. The zero-order valence-corrected chi connectivity index (χ0v) is 13.2. The number of rotatable bonds is 3. The molecule has 0 bridgehead atoms. The van der Waals surface area contributed by atoms with Crippen LogP contribution in [0.3, 0.4) is 0 Å². The molecule has 5 nitrogen and oxygen atoms in total. The van der Waals surface area contributed by atoms with Crippen molar-refractivity contribution in [1.82, 2.24) is 15.0 Å². The first-order valence-corrected chi connectivity index (χ1v) is 7.69. The predicted molar refractivity (Wildman–Crippen MR) is 83.9 cm³/mol.